The zero-order valence-corrected chi connectivity index (χ0v) is 24.8. The third kappa shape index (κ3) is 7.12. The van der Waals surface area contributed by atoms with Crippen molar-refractivity contribution < 1.29 is 28.5 Å². The predicted molar refractivity (Wildman–Crippen MR) is 159 cm³/mol. The van der Waals surface area contributed by atoms with E-state index >= 15 is 0 Å². The fraction of sp³-hybridized carbons (Fsp3) is 0.486. The zero-order chi connectivity index (χ0) is 28.9. The molecule has 7 heteroatoms. The largest absolute Gasteiger partial charge is 0.374 e. The van der Waals surface area contributed by atoms with Gasteiger partial charge in [0.1, 0.15) is 12.2 Å². The molecular weight excluding hydrogens is 530 g/mol. The summed E-state index contributed by atoms with van der Waals surface area (Å²) in [5.41, 5.74) is 3.06. The first-order valence-corrected chi connectivity index (χ1v) is 15.1. The maximum absolute atomic E-state index is 6.84. The maximum Gasteiger partial charge on any atom is 0.185 e. The van der Waals surface area contributed by atoms with Crippen molar-refractivity contribution in [3.8, 4) is 0 Å². The summed E-state index contributed by atoms with van der Waals surface area (Å²) < 4.78 is 33.1. The molecule has 0 bridgehead atoms. The smallest absolute Gasteiger partial charge is 0.185 e. The molecule has 7 nitrogen and oxygen atoms in total. The first kappa shape index (κ1) is 29.5. The number of fused-ring (bicyclic) bond motifs is 3. The van der Waals surface area contributed by atoms with Crippen LogP contribution in [0.25, 0.3) is 0 Å². The third-order valence-corrected chi connectivity index (χ3v) is 8.14. The highest BCUT2D eigenvalue weighted by molar-refractivity contribution is 5.16. The molecule has 0 aliphatic carbocycles. The SMILES string of the molecule is CC(C)(C)O[C@H]1CCN2O[C@H]3O[C@H](COCc4ccccc4)[C@@H](OCc4ccccc4)[C@H](OCc4ccccc4)[C@H]3[C@@H]12. The van der Waals surface area contributed by atoms with Crippen LogP contribution >= 0.6 is 0 Å². The van der Waals surface area contributed by atoms with Gasteiger partial charge in [-0.3, -0.25) is 4.84 Å². The van der Waals surface area contributed by atoms with Crippen LogP contribution in [0, 0.1) is 5.92 Å². The molecule has 224 valence electrons. The van der Waals surface area contributed by atoms with E-state index in [0.717, 1.165) is 29.7 Å². The summed E-state index contributed by atoms with van der Waals surface area (Å²) in [6.45, 7) is 8.88. The second-order valence-corrected chi connectivity index (χ2v) is 12.4. The van der Waals surface area contributed by atoms with Crippen LogP contribution in [0.5, 0.6) is 0 Å². The van der Waals surface area contributed by atoms with Crippen molar-refractivity contribution in [2.24, 2.45) is 5.92 Å². The molecule has 0 radical (unpaired) electrons. The van der Waals surface area contributed by atoms with Crippen LogP contribution in [-0.4, -0.2) is 60.6 Å². The molecule has 3 aliphatic heterocycles. The van der Waals surface area contributed by atoms with E-state index in [1.54, 1.807) is 0 Å². The maximum atomic E-state index is 6.84. The van der Waals surface area contributed by atoms with Crippen LogP contribution in [0.3, 0.4) is 0 Å². The second-order valence-electron chi connectivity index (χ2n) is 12.4. The van der Waals surface area contributed by atoms with Crippen LogP contribution in [0.4, 0.5) is 0 Å². The lowest BCUT2D eigenvalue weighted by Gasteiger charge is -2.45. The third-order valence-electron chi connectivity index (χ3n) is 8.14. The summed E-state index contributed by atoms with van der Waals surface area (Å²) in [5.74, 6) is -0.0882. The quantitative estimate of drug-likeness (QED) is 0.282. The van der Waals surface area contributed by atoms with E-state index in [-0.39, 0.29) is 42.0 Å². The molecule has 3 heterocycles. The second kappa shape index (κ2) is 13.3. The van der Waals surface area contributed by atoms with Crippen molar-refractivity contribution in [1.29, 1.82) is 0 Å². The molecule has 0 spiro atoms. The van der Waals surface area contributed by atoms with Gasteiger partial charge in [0.2, 0.25) is 0 Å². The van der Waals surface area contributed by atoms with Gasteiger partial charge in [-0.15, -0.1) is 0 Å². The van der Waals surface area contributed by atoms with Gasteiger partial charge in [0.15, 0.2) is 6.29 Å². The standard InChI is InChI=1S/C35H43NO6/c1-35(2,3)41-28-19-20-36-31(28)30-33(39-23-27-17-11-6-12-18-27)32(38-22-26-15-9-5-10-16-26)29(40-34(30)42-36)24-37-21-25-13-7-4-8-14-25/h4-18,28-34H,19-24H2,1-3H3/t28-,29+,30+,31+,32+,33+,34+/m0/s1. The number of benzene rings is 3. The Morgan fingerprint density at radius 2 is 1.29 bits per heavy atom. The Hall–Kier alpha value is -2.62. The highest BCUT2D eigenvalue weighted by Crippen LogP contribution is 2.46. The van der Waals surface area contributed by atoms with Gasteiger partial charge in [-0.25, -0.2) is 0 Å². The minimum atomic E-state index is -0.468. The fourth-order valence-electron chi connectivity index (χ4n) is 6.36. The summed E-state index contributed by atoms with van der Waals surface area (Å²) in [4.78, 5) is 6.46. The Bertz CT molecular complexity index is 1240. The Balaban J connectivity index is 1.27. The molecular formula is C35H43NO6. The van der Waals surface area contributed by atoms with Gasteiger partial charge < -0.3 is 23.7 Å². The summed E-state index contributed by atoms with van der Waals surface area (Å²) >= 11 is 0. The van der Waals surface area contributed by atoms with Gasteiger partial charge in [0.05, 0.1) is 56.2 Å². The van der Waals surface area contributed by atoms with E-state index in [0.29, 0.717) is 26.4 Å². The van der Waals surface area contributed by atoms with Crippen molar-refractivity contribution >= 4 is 0 Å². The average Bonchev–Trinajstić information content (AvgIpc) is 3.55. The van der Waals surface area contributed by atoms with Gasteiger partial charge in [-0.05, 0) is 43.9 Å². The molecule has 7 atom stereocenters. The van der Waals surface area contributed by atoms with E-state index in [4.69, 9.17) is 28.5 Å². The van der Waals surface area contributed by atoms with Crippen LogP contribution < -0.4 is 0 Å². The lowest BCUT2D eigenvalue weighted by atomic mass is 9.83. The topological polar surface area (TPSA) is 58.6 Å². The summed E-state index contributed by atoms with van der Waals surface area (Å²) in [5, 5.41) is 2.06. The van der Waals surface area contributed by atoms with Crippen molar-refractivity contribution in [2.75, 3.05) is 13.2 Å². The number of nitrogens with zero attached hydrogens (tertiary/aromatic N) is 1. The molecule has 3 fully saturated rings. The summed E-state index contributed by atoms with van der Waals surface area (Å²) in [6.07, 6.45) is -0.601. The zero-order valence-electron chi connectivity index (χ0n) is 24.8. The highest BCUT2D eigenvalue weighted by Gasteiger charge is 2.61. The van der Waals surface area contributed by atoms with Crippen LogP contribution in [-0.2, 0) is 48.3 Å². The molecule has 0 saturated carbocycles. The van der Waals surface area contributed by atoms with Crippen LogP contribution in [0.1, 0.15) is 43.9 Å². The molecule has 3 aromatic rings. The fourth-order valence-corrected chi connectivity index (χ4v) is 6.36. The van der Waals surface area contributed by atoms with Gasteiger partial charge in [0, 0.05) is 6.54 Å². The highest BCUT2D eigenvalue weighted by atomic mass is 16.8. The van der Waals surface area contributed by atoms with E-state index in [1.807, 2.05) is 54.6 Å². The number of ether oxygens (including phenoxy) is 5. The molecule has 0 amide bonds. The molecule has 6 rings (SSSR count). The van der Waals surface area contributed by atoms with Crippen molar-refractivity contribution in [3.05, 3.63) is 108 Å². The van der Waals surface area contributed by atoms with Gasteiger partial charge in [-0.1, -0.05) is 91.0 Å². The Labute approximate surface area is 249 Å². The first-order chi connectivity index (χ1) is 20.4. The first-order valence-electron chi connectivity index (χ1n) is 15.1. The van der Waals surface area contributed by atoms with Crippen molar-refractivity contribution in [2.45, 2.75) is 89.4 Å². The molecule has 0 unspecified atom stereocenters. The number of hydrogen-bond donors (Lipinski definition) is 0. The molecule has 0 aromatic heterocycles. The molecule has 3 aromatic carbocycles. The van der Waals surface area contributed by atoms with Gasteiger partial charge in [-0.2, -0.15) is 5.06 Å². The molecule has 42 heavy (non-hydrogen) atoms. The lowest BCUT2D eigenvalue weighted by Crippen LogP contribution is -2.60. The van der Waals surface area contributed by atoms with E-state index in [9.17, 15) is 0 Å². The summed E-state index contributed by atoms with van der Waals surface area (Å²) in [7, 11) is 0. The normalized spacial score (nSPS) is 29.4. The van der Waals surface area contributed by atoms with Crippen molar-refractivity contribution in [3.63, 3.8) is 0 Å². The molecule has 3 saturated heterocycles. The Kier molecular flexibility index (Phi) is 9.36. The minimum Gasteiger partial charge on any atom is -0.374 e. The van der Waals surface area contributed by atoms with E-state index < -0.39 is 6.29 Å². The average molecular weight is 574 g/mol. The van der Waals surface area contributed by atoms with E-state index in [1.165, 1.54) is 0 Å². The number of hydroxylamine groups is 2. The number of rotatable bonds is 11. The van der Waals surface area contributed by atoms with E-state index in [2.05, 4.69) is 62.2 Å². The van der Waals surface area contributed by atoms with Crippen molar-refractivity contribution in [1.82, 2.24) is 5.06 Å². The number of hydrogen-bond acceptors (Lipinski definition) is 7. The van der Waals surface area contributed by atoms with Crippen LogP contribution in [0.2, 0.25) is 0 Å². The molecule has 3 aliphatic rings. The monoisotopic (exact) mass is 573 g/mol. The Morgan fingerprint density at radius 3 is 1.86 bits per heavy atom. The van der Waals surface area contributed by atoms with Gasteiger partial charge >= 0.3 is 0 Å². The van der Waals surface area contributed by atoms with Gasteiger partial charge in [0.25, 0.3) is 0 Å². The van der Waals surface area contributed by atoms with Crippen LogP contribution in [0.15, 0.2) is 91.0 Å². The Morgan fingerprint density at radius 1 is 0.738 bits per heavy atom. The predicted octanol–water partition coefficient (Wildman–Crippen LogP) is 5.92. The minimum absolute atomic E-state index is 0.00371. The summed E-state index contributed by atoms with van der Waals surface area (Å²) in [6, 6.07) is 30.7. The lowest BCUT2D eigenvalue weighted by molar-refractivity contribution is -0.311. The molecule has 0 N–H and O–H groups in total.